The summed E-state index contributed by atoms with van der Waals surface area (Å²) < 4.78 is 5.36. The molecule has 4 nitrogen and oxygen atoms in total. The van der Waals surface area contributed by atoms with Crippen molar-refractivity contribution in [1.82, 2.24) is 15.3 Å². The van der Waals surface area contributed by atoms with Crippen LogP contribution in [0, 0.1) is 0 Å². The van der Waals surface area contributed by atoms with E-state index in [1.165, 1.54) is 11.1 Å². The lowest BCUT2D eigenvalue weighted by molar-refractivity contribution is 0.413. The van der Waals surface area contributed by atoms with Gasteiger partial charge in [-0.3, -0.25) is 4.98 Å². The van der Waals surface area contributed by atoms with Gasteiger partial charge in [0.2, 0.25) is 0 Å². The van der Waals surface area contributed by atoms with E-state index >= 15 is 0 Å². The molecule has 21 heavy (non-hydrogen) atoms. The molecule has 110 valence electrons. The summed E-state index contributed by atoms with van der Waals surface area (Å²) in [5.41, 5.74) is 2.74. The minimum absolute atomic E-state index is 0.326. The molecule has 0 fully saturated rings. The molecule has 0 saturated heterocycles. The number of thioether (sulfide) groups is 1. The Morgan fingerprint density at radius 2 is 2.29 bits per heavy atom. The fourth-order valence-electron chi connectivity index (χ4n) is 2.78. The second-order valence-electron chi connectivity index (χ2n) is 5.00. The summed E-state index contributed by atoms with van der Waals surface area (Å²) in [5, 5.41) is 5.01. The summed E-state index contributed by atoms with van der Waals surface area (Å²) in [7, 11) is 1.71. The van der Waals surface area contributed by atoms with Crippen LogP contribution in [-0.2, 0) is 6.42 Å². The molecule has 1 N–H and O–H groups in total. The van der Waals surface area contributed by atoms with E-state index in [-0.39, 0.29) is 0 Å². The van der Waals surface area contributed by atoms with Crippen LogP contribution in [0.4, 0.5) is 0 Å². The summed E-state index contributed by atoms with van der Waals surface area (Å²) in [6.45, 7) is 3.08. The van der Waals surface area contributed by atoms with Gasteiger partial charge in [0.15, 0.2) is 0 Å². The lowest BCUT2D eigenvalue weighted by Crippen LogP contribution is -2.26. The monoisotopic (exact) mass is 301 g/mol. The maximum Gasteiger partial charge on any atom is 0.119 e. The summed E-state index contributed by atoms with van der Waals surface area (Å²) in [6, 6.07) is 6.69. The number of hydrogen-bond acceptors (Lipinski definition) is 5. The Kier molecular flexibility index (Phi) is 4.41. The van der Waals surface area contributed by atoms with Crippen molar-refractivity contribution in [2.75, 3.05) is 13.7 Å². The second-order valence-corrected chi connectivity index (χ2v) is 6.26. The molecule has 0 bridgehead atoms. The Balaban J connectivity index is 1.85. The minimum atomic E-state index is 0.326. The van der Waals surface area contributed by atoms with E-state index in [4.69, 9.17) is 4.74 Å². The molecule has 2 atom stereocenters. The van der Waals surface area contributed by atoms with Crippen molar-refractivity contribution >= 4 is 11.8 Å². The second kappa shape index (κ2) is 6.45. The van der Waals surface area contributed by atoms with Crippen molar-refractivity contribution in [3.8, 4) is 5.75 Å². The molecule has 2 unspecified atom stereocenters. The number of benzene rings is 1. The van der Waals surface area contributed by atoms with Crippen LogP contribution in [0.5, 0.6) is 5.75 Å². The summed E-state index contributed by atoms with van der Waals surface area (Å²) in [4.78, 5) is 8.53. The molecule has 1 aliphatic carbocycles. The first-order valence-corrected chi connectivity index (χ1v) is 8.02. The first kappa shape index (κ1) is 14.4. The van der Waals surface area contributed by atoms with Gasteiger partial charge < -0.3 is 10.1 Å². The third-order valence-corrected chi connectivity index (χ3v) is 4.91. The van der Waals surface area contributed by atoms with Crippen molar-refractivity contribution in [2.24, 2.45) is 0 Å². The number of fused-ring (bicyclic) bond motifs is 1. The van der Waals surface area contributed by atoms with Crippen LogP contribution in [0.2, 0.25) is 0 Å². The van der Waals surface area contributed by atoms with Gasteiger partial charge in [0.25, 0.3) is 0 Å². The van der Waals surface area contributed by atoms with E-state index in [1.807, 2.05) is 12.3 Å². The lowest BCUT2D eigenvalue weighted by Gasteiger charge is -2.20. The van der Waals surface area contributed by atoms with E-state index in [2.05, 4.69) is 34.3 Å². The fraction of sp³-hybridized carbons (Fsp3) is 0.375. The molecule has 1 aromatic carbocycles. The Bertz CT molecular complexity index is 606. The topological polar surface area (TPSA) is 47.0 Å². The average molecular weight is 301 g/mol. The molecule has 0 spiro atoms. The van der Waals surface area contributed by atoms with Gasteiger partial charge in [-0.05, 0) is 36.2 Å². The number of methoxy groups -OCH3 is 1. The van der Waals surface area contributed by atoms with E-state index in [0.29, 0.717) is 11.3 Å². The Hall–Kier alpha value is -1.59. The van der Waals surface area contributed by atoms with Crippen LogP contribution in [0.15, 0.2) is 41.8 Å². The maximum absolute atomic E-state index is 5.36. The molecular formula is C16H19N3OS. The van der Waals surface area contributed by atoms with Crippen LogP contribution in [0.25, 0.3) is 0 Å². The Morgan fingerprint density at radius 1 is 1.38 bits per heavy atom. The normalized spacial score (nSPS) is 20.3. The predicted molar refractivity (Wildman–Crippen MR) is 84.8 cm³/mol. The van der Waals surface area contributed by atoms with Crippen LogP contribution in [0.1, 0.15) is 24.1 Å². The number of ether oxygens (including phenoxy) is 1. The molecule has 1 heterocycles. The van der Waals surface area contributed by atoms with Crippen LogP contribution in [0.3, 0.4) is 0 Å². The number of nitrogens with zero attached hydrogens (tertiary/aromatic N) is 2. The van der Waals surface area contributed by atoms with Crippen molar-refractivity contribution in [3.05, 3.63) is 47.9 Å². The van der Waals surface area contributed by atoms with Gasteiger partial charge in [0.05, 0.1) is 13.3 Å². The smallest absolute Gasteiger partial charge is 0.119 e. The highest BCUT2D eigenvalue weighted by Crippen LogP contribution is 2.41. The Morgan fingerprint density at radius 3 is 3.00 bits per heavy atom. The molecular weight excluding hydrogens is 282 g/mol. The number of nitrogens with one attached hydrogen (secondary N) is 1. The molecule has 5 heteroatoms. The third kappa shape index (κ3) is 3.04. The largest absolute Gasteiger partial charge is 0.497 e. The number of hydrogen-bond donors (Lipinski definition) is 1. The highest BCUT2D eigenvalue weighted by Gasteiger charge is 2.33. The maximum atomic E-state index is 5.36. The third-order valence-electron chi connectivity index (χ3n) is 3.72. The van der Waals surface area contributed by atoms with Gasteiger partial charge in [-0.15, -0.1) is 0 Å². The molecule has 1 aliphatic rings. The summed E-state index contributed by atoms with van der Waals surface area (Å²) >= 11 is 1.79. The zero-order valence-electron chi connectivity index (χ0n) is 12.2. The molecule has 0 aliphatic heterocycles. The van der Waals surface area contributed by atoms with Gasteiger partial charge in [-0.25, -0.2) is 4.98 Å². The van der Waals surface area contributed by atoms with Gasteiger partial charge in [0, 0.05) is 23.7 Å². The molecule has 1 aromatic heterocycles. The predicted octanol–water partition coefficient (Wildman–Crippen LogP) is 2.85. The van der Waals surface area contributed by atoms with Crippen LogP contribution in [-0.4, -0.2) is 28.9 Å². The molecule has 3 rings (SSSR count). The Labute approximate surface area is 129 Å². The van der Waals surface area contributed by atoms with Gasteiger partial charge >= 0.3 is 0 Å². The van der Waals surface area contributed by atoms with Gasteiger partial charge in [-0.2, -0.15) is 0 Å². The number of rotatable bonds is 5. The van der Waals surface area contributed by atoms with Crippen molar-refractivity contribution < 1.29 is 4.74 Å². The summed E-state index contributed by atoms with van der Waals surface area (Å²) in [6.07, 6.45) is 6.32. The molecule has 0 radical (unpaired) electrons. The highest BCUT2D eigenvalue weighted by molar-refractivity contribution is 7.99. The molecule has 0 saturated carbocycles. The standard InChI is InChI=1S/C16H19N3OS/c1-3-18-16-13-9-12(20-2)5-4-11(13)8-14(16)21-15-10-17-6-7-19-15/h4-7,9-10,14,16,18H,3,8H2,1-2H3. The fourth-order valence-corrected chi connectivity index (χ4v) is 3.98. The SMILES string of the molecule is CCNC1c2cc(OC)ccc2CC1Sc1cnccn1. The zero-order valence-corrected chi connectivity index (χ0v) is 13.1. The minimum Gasteiger partial charge on any atom is -0.497 e. The van der Waals surface area contributed by atoms with Gasteiger partial charge in [0.1, 0.15) is 10.8 Å². The lowest BCUT2D eigenvalue weighted by atomic mass is 10.1. The molecule has 0 amide bonds. The van der Waals surface area contributed by atoms with Crippen molar-refractivity contribution in [3.63, 3.8) is 0 Å². The molecule has 2 aromatic rings. The quantitative estimate of drug-likeness (QED) is 0.920. The van der Waals surface area contributed by atoms with E-state index in [0.717, 1.165) is 23.7 Å². The first-order valence-electron chi connectivity index (χ1n) is 7.14. The van der Waals surface area contributed by atoms with Crippen LogP contribution < -0.4 is 10.1 Å². The van der Waals surface area contributed by atoms with E-state index in [1.54, 1.807) is 31.3 Å². The van der Waals surface area contributed by atoms with Crippen LogP contribution >= 0.6 is 11.8 Å². The van der Waals surface area contributed by atoms with Gasteiger partial charge in [-0.1, -0.05) is 24.8 Å². The zero-order chi connectivity index (χ0) is 14.7. The first-order chi connectivity index (χ1) is 10.3. The van der Waals surface area contributed by atoms with Crippen molar-refractivity contribution in [1.29, 1.82) is 0 Å². The van der Waals surface area contributed by atoms with E-state index in [9.17, 15) is 0 Å². The highest BCUT2D eigenvalue weighted by atomic mass is 32.2. The number of aromatic nitrogens is 2. The summed E-state index contributed by atoms with van der Waals surface area (Å²) in [5.74, 6) is 0.918. The average Bonchev–Trinajstić information content (AvgIpc) is 2.85. The van der Waals surface area contributed by atoms with Crippen molar-refractivity contribution in [2.45, 2.75) is 29.7 Å². The van der Waals surface area contributed by atoms with E-state index < -0.39 is 0 Å².